The highest BCUT2D eigenvalue weighted by Gasteiger charge is 2.08. The minimum absolute atomic E-state index is 0.0616. The van der Waals surface area contributed by atoms with E-state index in [0.29, 0.717) is 11.3 Å². The fourth-order valence-corrected chi connectivity index (χ4v) is 1.88. The Morgan fingerprint density at radius 1 is 1.15 bits per heavy atom. The largest absolute Gasteiger partial charge is 0.375 e. The minimum Gasteiger partial charge on any atom is -0.375 e. The second-order valence-electron chi connectivity index (χ2n) is 4.32. The lowest BCUT2D eigenvalue weighted by Gasteiger charge is -2.09. The average Bonchev–Trinajstić information content (AvgIpc) is 2.39. The molecule has 0 aliphatic rings. The number of nitrogens with one attached hydrogen (secondary N) is 1. The number of rotatable bonds is 3. The van der Waals surface area contributed by atoms with Crippen molar-refractivity contribution in [1.29, 1.82) is 0 Å². The summed E-state index contributed by atoms with van der Waals surface area (Å²) in [7, 11) is 0. The fraction of sp³-hybridized carbons (Fsp3) is 0.0667. The number of hydrogen-bond acceptors (Lipinski definition) is 2. The number of halogens is 1. The highest BCUT2D eigenvalue weighted by atomic mass is 32.1. The van der Waals surface area contributed by atoms with E-state index in [9.17, 15) is 4.39 Å². The molecule has 0 fully saturated rings. The summed E-state index contributed by atoms with van der Waals surface area (Å²) in [5.74, 6) is -0.321. The summed E-state index contributed by atoms with van der Waals surface area (Å²) in [4.78, 5) is 0. The molecule has 0 spiro atoms. The molecule has 102 valence electrons. The van der Waals surface area contributed by atoms with E-state index >= 15 is 0 Å². The van der Waals surface area contributed by atoms with Crippen molar-refractivity contribution >= 4 is 23.0 Å². The quantitative estimate of drug-likeness (QED) is 0.518. The van der Waals surface area contributed by atoms with E-state index < -0.39 is 0 Å². The zero-order valence-electron chi connectivity index (χ0n) is 10.9. The van der Waals surface area contributed by atoms with Crippen molar-refractivity contribution in [2.75, 3.05) is 0 Å². The second kappa shape index (κ2) is 6.25. The number of nitrogens with two attached hydrogens (primary N) is 1. The first-order valence-electron chi connectivity index (χ1n) is 6.02. The third-order valence-electron chi connectivity index (χ3n) is 2.67. The smallest absolute Gasteiger partial charge is 0.184 e. The highest BCUT2D eigenvalue weighted by molar-refractivity contribution is 7.80. The topological polar surface area (TPSA) is 50.4 Å². The lowest BCUT2D eigenvalue weighted by molar-refractivity contribution is 0.627. The maximum atomic E-state index is 13.4. The Hall–Kier alpha value is -2.27. The molecule has 2 aromatic carbocycles. The monoisotopic (exact) mass is 287 g/mol. The number of hydrazone groups is 1. The zero-order chi connectivity index (χ0) is 14.5. The van der Waals surface area contributed by atoms with E-state index in [0.717, 1.165) is 11.1 Å². The van der Waals surface area contributed by atoms with Crippen LogP contribution in [0.4, 0.5) is 4.39 Å². The van der Waals surface area contributed by atoms with E-state index in [4.69, 9.17) is 18.0 Å². The number of hydrogen-bond donors (Lipinski definition) is 2. The molecule has 0 aliphatic carbocycles. The third kappa shape index (κ3) is 3.61. The standard InChI is InChI=1S/C15H14FN3S/c1-10-4-2-5-11(8-10)14(18-19-15(17)20)12-6-3-7-13(16)9-12/h2-9H,1H3,(H3,17,19,20)/b18-14-. The number of nitrogens with zero attached hydrogens (tertiary/aromatic N) is 1. The van der Waals surface area contributed by atoms with Crippen LogP contribution in [0.1, 0.15) is 16.7 Å². The van der Waals surface area contributed by atoms with Crippen LogP contribution < -0.4 is 11.2 Å². The highest BCUT2D eigenvalue weighted by Crippen LogP contribution is 2.13. The van der Waals surface area contributed by atoms with Crippen molar-refractivity contribution in [2.45, 2.75) is 6.92 Å². The summed E-state index contributed by atoms with van der Waals surface area (Å²) in [6, 6.07) is 14.0. The van der Waals surface area contributed by atoms with Crippen molar-refractivity contribution in [1.82, 2.24) is 5.43 Å². The van der Waals surface area contributed by atoms with Crippen molar-refractivity contribution < 1.29 is 4.39 Å². The van der Waals surface area contributed by atoms with Crippen molar-refractivity contribution in [2.24, 2.45) is 10.8 Å². The molecule has 2 aromatic rings. The maximum Gasteiger partial charge on any atom is 0.184 e. The first-order valence-corrected chi connectivity index (χ1v) is 6.43. The second-order valence-corrected chi connectivity index (χ2v) is 4.76. The van der Waals surface area contributed by atoms with Crippen molar-refractivity contribution in [3.8, 4) is 0 Å². The van der Waals surface area contributed by atoms with E-state index in [-0.39, 0.29) is 10.9 Å². The molecule has 0 amide bonds. The first-order chi connectivity index (χ1) is 9.56. The Morgan fingerprint density at radius 2 is 1.80 bits per heavy atom. The van der Waals surface area contributed by atoms with Crippen molar-refractivity contribution in [3.05, 3.63) is 71.0 Å². The Labute approximate surface area is 122 Å². The summed E-state index contributed by atoms with van der Waals surface area (Å²) in [5, 5.41) is 4.24. The minimum atomic E-state index is -0.321. The average molecular weight is 287 g/mol. The molecule has 0 atom stereocenters. The van der Waals surface area contributed by atoms with Gasteiger partial charge < -0.3 is 5.73 Å². The van der Waals surface area contributed by atoms with Gasteiger partial charge >= 0.3 is 0 Å². The summed E-state index contributed by atoms with van der Waals surface area (Å²) >= 11 is 4.75. The van der Waals surface area contributed by atoms with Crippen LogP contribution in [-0.2, 0) is 0 Å². The van der Waals surface area contributed by atoms with Crippen molar-refractivity contribution in [3.63, 3.8) is 0 Å². The molecule has 0 radical (unpaired) electrons. The predicted molar refractivity (Wildman–Crippen MR) is 83.1 cm³/mol. The van der Waals surface area contributed by atoms with E-state index in [1.54, 1.807) is 12.1 Å². The van der Waals surface area contributed by atoms with Gasteiger partial charge in [-0.1, -0.05) is 35.9 Å². The zero-order valence-corrected chi connectivity index (χ0v) is 11.7. The summed E-state index contributed by atoms with van der Waals surface area (Å²) < 4.78 is 13.4. The van der Waals surface area contributed by atoms with Crippen LogP contribution in [-0.4, -0.2) is 10.8 Å². The number of benzene rings is 2. The van der Waals surface area contributed by atoms with Gasteiger partial charge in [-0.15, -0.1) is 0 Å². The molecule has 5 heteroatoms. The van der Waals surface area contributed by atoms with E-state index in [2.05, 4.69) is 10.5 Å². The van der Waals surface area contributed by atoms with Crippen LogP contribution in [0.25, 0.3) is 0 Å². The third-order valence-corrected chi connectivity index (χ3v) is 2.76. The first kappa shape index (κ1) is 14.1. The van der Waals surface area contributed by atoms with Crippen LogP contribution in [0.3, 0.4) is 0 Å². The van der Waals surface area contributed by atoms with Gasteiger partial charge in [0.2, 0.25) is 0 Å². The maximum absolute atomic E-state index is 13.4. The normalized spacial score (nSPS) is 11.2. The summed E-state index contributed by atoms with van der Waals surface area (Å²) in [6.07, 6.45) is 0. The molecular weight excluding hydrogens is 273 g/mol. The van der Waals surface area contributed by atoms with Gasteiger partial charge in [-0.25, -0.2) is 4.39 Å². The van der Waals surface area contributed by atoms with E-state index in [1.165, 1.54) is 12.1 Å². The Balaban J connectivity index is 2.50. The van der Waals surface area contributed by atoms with Gasteiger partial charge in [0.1, 0.15) is 5.82 Å². The molecule has 0 heterocycles. The SMILES string of the molecule is Cc1cccc(/C(=N/NC(N)=S)c2cccc(F)c2)c1. The summed E-state index contributed by atoms with van der Waals surface area (Å²) in [5.41, 5.74) is 11.1. The summed E-state index contributed by atoms with van der Waals surface area (Å²) in [6.45, 7) is 1.98. The molecule has 2 rings (SSSR count). The molecule has 20 heavy (non-hydrogen) atoms. The number of aryl methyl sites for hydroxylation is 1. The fourth-order valence-electron chi connectivity index (χ4n) is 1.83. The van der Waals surface area contributed by atoms with Gasteiger partial charge in [0, 0.05) is 11.1 Å². The van der Waals surface area contributed by atoms with Gasteiger partial charge in [-0.2, -0.15) is 5.10 Å². The van der Waals surface area contributed by atoms with Gasteiger partial charge in [0.25, 0.3) is 0 Å². The Bertz CT molecular complexity index is 620. The Kier molecular flexibility index (Phi) is 4.42. The molecule has 0 bridgehead atoms. The van der Waals surface area contributed by atoms with Crippen LogP contribution >= 0.6 is 12.2 Å². The molecular formula is C15H14FN3S. The molecule has 0 aliphatic heterocycles. The number of thiocarbonyl (C=S) groups is 1. The van der Waals surface area contributed by atoms with Crippen LogP contribution in [0.5, 0.6) is 0 Å². The molecule has 0 saturated heterocycles. The van der Waals surface area contributed by atoms with Gasteiger partial charge in [-0.05, 0) is 37.3 Å². The van der Waals surface area contributed by atoms with Crippen LogP contribution in [0.15, 0.2) is 53.6 Å². The van der Waals surface area contributed by atoms with Crippen LogP contribution in [0, 0.1) is 12.7 Å². The van der Waals surface area contributed by atoms with Gasteiger partial charge in [0.05, 0.1) is 5.71 Å². The lowest BCUT2D eigenvalue weighted by Crippen LogP contribution is -2.26. The van der Waals surface area contributed by atoms with Crippen LogP contribution in [0.2, 0.25) is 0 Å². The van der Waals surface area contributed by atoms with Gasteiger partial charge in [0.15, 0.2) is 5.11 Å². The molecule has 0 unspecified atom stereocenters. The molecule has 3 nitrogen and oxygen atoms in total. The lowest BCUT2D eigenvalue weighted by atomic mass is 10.0. The molecule has 3 N–H and O–H groups in total. The predicted octanol–water partition coefficient (Wildman–Crippen LogP) is 2.72. The molecule has 0 aromatic heterocycles. The Morgan fingerprint density at radius 3 is 2.40 bits per heavy atom. The van der Waals surface area contributed by atoms with E-state index in [1.807, 2.05) is 31.2 Å². The van der Waals surface area contributed by atoms with Gasteiger partial charge in [-0.3, -0.25) is 5.43 Å². The molecule has 0 saturated carbocycles.